The molecule has 0 aromatic heterocycles. The molecule has 0 saturated heterocycles. The van der Waals surface area contributed by atoms with E-state index in [2.05, 4.69) is 5.32 Å². The summed E-state index contributed by atoms with van der Waals surface area (Å²) in [6.45, 7) is 3.46. The predicted octanol–water partition coefficient (Wildman–Crippen LogP) is 3.03. The first-order valence-corrected chi connectivity index (χ1v) is 11.1. The van der Waals surface area contributed by atoms with Gasteiger partial charge in [-0.1, -0.05) is 37.3 Å². The third kappa shape index (κ3) is 5.26. The molecule has 2 atom stereocenters. The van der Waals surface area contributed by atoms with Gasteiger partial charge in [0, 0.05) is 12.1 Å². The number of nitrogens with one attached hydrogen (secondary N) is 1. The van der Waals surface area contributed by atoms with E-state index in [1.807, 2.05) is 30.3 Å². The van der Waals surface area contributed by atoms with Crippen molar-refractivity contribution in [2.45, 2.75) is 32.4 Å². The number of carbonyl (C=O) groups excluding carboxylic acids is 1. The highest BCUT2D eigenvalue weighted by atomic mass is 32.2. The fourth-order valence-electron chi connectivity index (χ4n) is 3.13. The topological polar surface area (TPSA) is 119 Å². The Morgan fingerprint density at radius 1 is 1.23 bits per heavy atom. The van der Waals surface area contributed by atoms with E-state index in [1.165, 1.54) is 19.2 Å². The zero-order chi connectivity index (χ0) is 22.5. The number of nitro benzene ring substituents is 1. The van der Waals surface area contributed by atoms with Crippen LogP contribution in [-0.2, 0) is 14.8 Å². The second-order valence-corrected chi connectivity index (χ2v) is 8.60. The van der Waals surface area contributed by atoms with Gasteiger partial charge in [0.15, 0.2) is 0 Å². The van der Waals surface area contributed by atoms with E-state index < -0.39 is 26.9 Å². The molecule has 0 aliphatic carbocycles. The molecule has 0 spiro atoms. The summed E-state index contributed by atoms with van der Waals surface area (Å²) in [5, 5.41) is 14.0. The normalized spacial score (nSPS) is 13.2. The molecule has 0 bridgehead atoms. The fraction of sp³-hybridized carbons (Fsp3) is 0.350. The lowest BCUT2D eigenvalue weighted by Gasteiger charge is -2.31. The summed E-state index contributed by atoms with van der Waals surface area (Å²) in [6, 6.07) is 11.4. The molecule has 30 heavy (non-hydrogen) atoms. The minimum atomic E-state index is -3.98. The zero-order valence-electron chi connectivity index (χ0n) is 17.2. The maximum atomic E-state index is 13.0. The van der Waals surface area contributed by atoms with Gasteiger partial charge in [-0.3, -0.25) is 19.2 Å². The van der Waals surface area contributed by atoms with Crippen LogP contribution in [0.2, 0.25) is 0 Å². The number of carbonyl (C=O) groups is 1. The van der Waals surface area contributed by atoms with Crippen LogP contribution in [0.1, 0.15) is 31.9 Å². The molecule has 0 saturated carbocycles. The number of ether oxygens (including phenoxy) is 1. The van der Waals surface area contributed by atoms with Crippen molar-refractivity contribution in [3.8, 4) is 5.75 Å². The minimum absolute atomic E-state index is 0.0661. The first-order chi connectivity index (χ1) is 14.1. The van der Waals surface area contributed by atoms with E-state index in [4.69, 9.17) is 4.74 Å². The van der Waals surface area contributed by atoms with Crippen molar-refractivity contribution in [3.05, 3.63) is 64.2 Å². The number of nitrogens with zero attached hydrogens (tertiary/aromatic N) is 2. The Labute approximate surface area is 175 Å². The van der Waals surface area contributed by atoms with Crippen molar-refractivity contribution in [1.29, 1.82) is 0 Å². The smallest absolute Gasteiger partial charge is 0.271 e. The predicted molar refractivity (Wildman–Crippen MR) is 114 cm³/mol. The first kappa shape index (κ1) is 23.1. The highest BCUT2D eigenvalue weighted by Gasteiger charge is 2.35. The van der Waals surface area contributed by atoms with Gasteiger partial charge < -0.3 is 10.1 Å². The number of anilines is 1. The second-order valence-electron chi connectivity index (χ2n) is 6.74. The Bertz CT molecular complexity index is 1010. The highest BCUT2D eigenvalue weighted by molar-refractivity contribution is 7.92. The molecule has 0 aliphatic heterocycles. The van der Waals surface area contributed by atoms with Crippen LogP contribution in [0.3, 0.4) is 0 Å². The van der Waals surface area contributed by atoms with Crippen molar-refractivity contribution in [3.63, 3.8) is 0 Å². The third-order valence-corrected chi connectivity index (χ3v) is 5.76. The molecule has 1 amide bonds. The molecule has 9 nitrogen and oxygen atoms in total. The van der Waals surface area contributed by atoms with Crippen LogP contribution in [0.5, 0.6) is 5.75 Å². The molecule has 162 valence electrons. The number of hydrogen-bond donors (Lipinski definition) is 1. The summed E-state index contributed by atoms with van der Waals surface area (Å²) in [5.74, 6) is -0.416. The molecule has 0 heterocycles. The molecule has 0 fully saturated rings. The van der Waals surface area contributed by atoms with E-state index in [9.17, 15) is 23.3 Å². The SMILES string of the molecule is CC[C@H](C(=O)N[C@H](C)c1ccccc1)N(c1cc([N+](=O)[O-])ccc1OC)S(C)(=O)=O. The Hall–Kier alpha value is -3.14. The Balaban J connectivity index is 2.48. The van der Waals surface area contributed by atoms with Gasteiger partial charge in [-0.05, 0) is 25.0 Å². The third-order valence-electron chi connectivity index (χ3n) is 4.60. The van der Waals surface area contributed by atoms with Crippen molar-refractivity contribution < 1.29 is 22.9 Å². The molecule has 2 rings (SSSR count). The number of benzene rings is 2. The van der Waals surface area contributed by atoms with Crippen molar-refractivity contribution in [2.75, 3.05) is 17.7 Å². The highest BCUT2D eigenvalue weighted by Crippen LogP contribution is 2.35. The van der Waals surface area contributed by atoms with Crippen molar-refractivity contribution in [1.82, 2.24) is 5.32 Å². The van der Waals surface area contributed by atoms with Crippen molar-refractivity contribution in [2.24, 2.45) is 0 Å². The van der Waals surface area contributed by atoms with E-state index >= 15 is 0 Å². The molecule has 0 radical (unpaired) electrons. The van der Waals surface area contributed by atoms with Gasteiger partial charge in [0.25, 0.3) is 5.69 Å². The molecule has 1 N–H and O–H groups in total. The zero-order valence-corrected chi connectivity index (χ0v) is 18.0. The summed E-state index contributed by atoms with van der Waals surface area (Å²) >= 11 is 0. The number of nitro groups is 1. The van der Waals surface area contributed by atoms with E-state index in [1.54, 1.807) is 13.8 Å². The van der Waals surface area contributed by atoms with Crippen LogP contribution >= 0.6 is 0 Å². The quantitative estimate of drug-likeness (QED) is 0.478. The maximum Gasteiger partial charge on any atom is 0.271 e. The molecule has 10 heteroatoms. The van der Waals surface area contributed by atoms with Crippen LogP contribution < -0.4 is 14.4 Å². The van der Waals surface area contributed by atoms with Crippen LogP contribution in [0.15, 0.2) is 48.5 Å². The van der Waals surface area contributed by atoms with Crippen molar-refractivity contribution >= 4 is 27.3 Å². The summed E-state index contributed by atoms with van der Waals surface area (Å²) in [5.41, 5.74) is 0.482. The lowest BCUT2D eigenvalue weighted by Crippen LogP contribution is -2.49. The van der Waals surface area contributed by atoms with E-state index in [-0.39, 0.29) is 29.6 Å². The first-order valence-electron chi connectivity index (χ1n) is 9.27. The van der Waals surface area contributed by atoms with E-state index in [0.29, 0.717) is 0 Å². The van der Waals surface area contributed by atoms with Gasteiger partial charge in [0.1, 0.15) is 17.5 Å². The summed E-state index contributed by atoms with van der Waals surface area (Å²) in [6.07, 6.45) is 1.09. The second kappa shape index (κ2) is 9.57. The summed E-state index contributed by atoms with van der Waals surface area (Å²) < 4.78 is 31.4. The monoisotopic (exact) mass is 435 g/mol. The van der Waals surface area contributed by atoms with Gasteiger partial charge in [0.05, 0.1) is 24.3 Å². The lowest BCUT2D eigenvalue weighted by atomic mass is 10.1. The van der Waals surface area contributed by atoms with Crippen LogP contribution in [-0.4, -0.2) is 38.7 Å². The Morgan fingerprint density at radius 3 is 2.37 bits per heavy atom. The number of amides is 1. The molecular weight excluding hydrogens is 410 g/mol. The lowest BCUT2D eigenvalue weighted by molar-refractivity contribution is -0.384. The van der Waals surface area contributed by atoms with Gasteiger partial charge >= 0.3 is 0 Å². The van der Waals surface area contributed by atoms with Crippen LogP contribution in [0.25, 0.3) is 0 Å². The Kier molecular flexibility index (Phi) is 7.38. The molecule has 2 aromatic rings. The number of hydrogen-bond acceptors (Lipinski definition) is 6. The molecule has 0 unspecified atom stereocenters. The van der Waals surface area contributed by atoms with Gasteiger partial charge in [0.2, 0.25) is 15.9 Å². The number of methoxy groups -OCH3 is 1. The van der Waals surface area contributed by atoms with Gasteiger partial charge in [-0.25, -0.2) is 8.42 Å². The standard InChI is InChI=1S/C20H25N3O6S/c1-5-17(20(24)21-14(2)15-9-7-6-8-10-15)22(30(4,27)28)18-13-16(23(25)26)11-12-19(18)29-3/h6-14,17H,5H2,1-4H3,(H,21,24)/t14-,17-/m1/s1. The average molecular weight is 436 g/mol. The van der Waals surface area contributed by atoms with Crippen LogP contribution in [0, 0.1) is 10.1 Å². The largest absolute Gasteiger partial charge is 0.495 e. The minimum Gasteiger partial charge on any atom is -0.495 e. The Morgan fingerprint density at radius 2 is 1.87 bits per heavy atom. The van der Waals surface area contributed by atoms with Gasteiger partial charge in [-0.15, -0.1) is 0 Å². The number of sulfonamides is 1. The number of rotatable bonds is 9. The number of non-ortho nitro benzene ring substituents is 1. The fourth-order valence-corrected chi connectivity index (χ4v) is 4.34. The maximum absolute atomic E-state index is 13.0. The average Bonchev–Trinajstić information content (AvgIpc) is 2.70. The van der Waals surface area contributed by atoms with Gasteiger partial charge in [-0.2, -0.15) is 0 Å². The summed E-state index contributed by atoms with van der Waals surface area (Å²) in [4.78, 5) is 23.6. The molecule has 0 aliphatic rings. The molecule has 2 aromatic carbocycles. The van der Waals surface area contributed by atoms with Crippen LogP contribution in [0.4, 0.5) is 11.4 Å². The molecular formula is C20H25N3O6S. The summed E-state index contributed by atoms with van der Waals surface area (Å²) in [7, 11) is -2.66. The van der Waals surface area contributed by atoms with E-state index in [0.717, 1.165) is 22.2 Å².